The quantitative estimate of drug-likeness (QED) is 0.561. The molecule has 178 valence electrons. The molecule has 1 amide bonds. The third kappa shape index (κ3) is 4.23. The van der Waals surface area contributed by atoms with Gasteiger partial charge in [0.2, 0.25) is 0 Å². The van der Waals surface area contributed by atoms with E-state index in [2.05, 4.69) is 0 Å². The third-order valence-corrected chi connectivity index (χ3v) is 7.57. The molecule has 0 spiro atoms. The van der Waals surface area contributed by atoms with Crippen molar-refractivity contribution in [2.45, 2.75) is 57.1 Å². The number of ether oxygens (including phenoxy) is 1. The Hall–Kier alpha value is -3.12. The molecule has 3 unspecified atom stereocenters. The Morgan fingerprint density at radius 2 is 1.97 bits per heavy atom. The largest absolute Gasteiger partial charge is 0.484 e. The van der Waals surface area contributed by atoms with Gasteiger partial charge in [0, 0.05) is 30.0 Å². The van der Waals surface area contributed by atoms with Gasteiger partial charge in [-0.3, -0.25) is 4.79 Å². The van der Waals surface area contributed by atoms with Crippen molar-refractivity contribution in [1.29, 1.82) is 0 Å². The topological polar surface area (TPSA) is 80.0 Å². The summed E-state index contributed by atoms with van der Waals surface area (Å²) in [5, 5.41) is 12.3. The van der Waals surface area contributed by atoms with E-state index in [1.54, 1.807) is 12.1 Å². The van der Waals surface area contributed by atoms with Gasteiger partial charge < -0.3 is 19.2 Å². The Labute approximate surface area is 199 Å². The number of carbonyl (C=O) groups excluding carboxylic acids is 1. The smallest absolute Gasteiger partial charge is 0.336 e. The number of likely N-dealkylation sites (tertiary alicyclic amines) is 1. The van der Waals surface area contributed by atoms with Crippen molar-refractivity contribution in [3.63, 3.8) is 0 Å². The van der Waals surface area contributed by atoms with Gasteiger partial charge in [0.15, 0.2) is 6.61 Å². The van der Waals surface area contributed by atoms with E-state index < -0.39 is 11.2 Å². The number of piperidine rings is 1. The van der Waals surface area contributed by atoms with Crippen LogP contribution in [0.15, 0.2) is 63.8 Å². The first-order valence-electron chi connectivity index (χ1n) is 12.2. The molecule has 6 nitrogen and oxygen atoms in total. The predicted octanol–water partition coefficient (Wildman–Crippen LogP) is 4.63. The molecule has 34 heavy (non-hydrogen) atoms. The van der Waals surface area contributed by atoms with E-state index in [1.165, 1.54) is 6.07 Å². The van der Waals surface area contributed by atoms with Crippen molar-refractivity contribution in [2.75, 3.05) is 13.2 Å². The van der Waals surface area contributed by atoms with E-state index in [4.69, 9.17) is 9.15 Å². The van der Waals surface area contributed by atoms with E-state index in [0.717, 1.165) is 48.6 Å². The number of hydrogen-bond acceptors (Lipinski definition) is 5. The van der Waals surface area contributed by atoms with Crippen LogP contribution in [0.1, 0.15) is 56.2 Å². The number of aliphatic hydroxyl groups is 1. The lowest BCUT2D eigenvalue weighted by molar-refractivity contribution is -0.157. The molecule has 1 aromatic heterocycles. The van der Waals surface area contributed by atoms with E-state index in [-0.39, 0.29) is 24.5 Å². The van der Waals surface area contributed by atoms with E-state index in [1.807, 2.05) is 48.2 Å². The van der Waals surface area contributed by atoms with Crippen molar-refractivity contribution in [3.05, 3.63) is 76.1 Å². The third-order valence-electron chi connectivity index (χ3n) is 7.57. The number of nitrogens with zero attached hydrogens (tertiary/aromatic N) is 1. The first-order chi connectivity index (χ1) is 16.5. The fraction of sp³-hybridized carbons (Fsp3) is 0.429. The van der Waals surface area contributed by atoms with Gasteiger partial charge in [0.1, 0.15) is 11.3 Å². The molecule has 3 atom stereocenters. The van der Waals surface area contributed by atoms with Crippen molar-refractivity contribution >= 4 is 16.9 Å². The molecular weight excluding hydrogens is 430 g/mol. The van der Waals surface area contributed by atoms with Crippen LogP contribution in [-0.2, 0) is 11.2 Å². The van der Waals surface area contributed by atoms with Gasteiger partial charge in [-0.25, -0.2) is 4.79 Å². The fourth-order valence-corrected chi connectivity index (χ4v) is 5.84. The number of benzene rings is 2. The van der Waals surface area contributed by atoms with Crippen LogP contribution in [0.4, 0.5) is 0 Å². The maximum absolute atomic E-state index is 13.4. The highest BCUT2D eigenvalue weighted by atomic mass is 16.5. The van der Waals surface area contributed by atoms with Gasteiger partial charge in [-0.1, -0.05) is 50.1 Å². The van der Waals surface area contributed by atoms with Gasteiger partial charge in [0.05, 0.1) is 11.6 Å². The second kappa shape index (κ2) is 9.26. The minimum atomic E-state index is -0.719. The van der Waals surface area contributed by atoms with Gasteiger partial charge in [-0.15, -0.1) is 0 Å². The minimum absolute atomic E-state index is 0.0174. The molecule has 2 heterocycles. The molecule has 2 aliphatic rings. The van der Waals surface area contributed by atoms with Crippen LogP contribution < -0.4 is 10.4 Å². The number of hydrogen-bond donors (Lipinski definition) is 1. The monoisotopic (exact) mass is 461 g/mol. The summed E-state index contributed by atoms with van der Waals surface area (Å²) in [7, 11) is 0. The van der Waals surface area contributed by atoms with E-state index >= 15 is 0 Å². The molecule has 1 saturated heterocycles. The predicted molar refractivity (Wildman–Crippen MR) is 130 cm³/mol. The molecule has 1 N–H and O–H groups in total. The van der Waals surface area contributed by atoms with Crippen molar-refractivity contribution in [2.24, 2.45) is 5.92 Å². The zero-order valence-corrected chi connectivity index (χ0v) is 19.5. The summed E-state index contributed by atoms with van der Waals surface area (Å²) >= 11 is 0. The van der Waals surface area contributed by atoms with Crippen LogP contribution in [0.2, 0.25) is 0 Å². The average molecular weight is 462 g/mol. The Balaban J connectivity index is 1.37. The van der Waals surface area contributed by atoms with Crippen LogP contribution in [0.3, 0.4) is 0 Å². The molecule has 5 rings (SSSR count). The standard InChI is InChI=1S/C28H31NO5/c1-2-19-16-26(31)34-24-17-21(11-12-22(19)24)33-18-25(30)29-15-14-28(32)13-7-6-10-23(28)27(29)20-8-4-3-5-9-20/h3-5,8-9,11-12,16-17,23,27,32H,2,6-7,10,13-15,18H2,1H3. The Morgan fingerprint density at radius 1 is 1.15 bits per heavy atom. The summed E-state index contributed by atoms with van der Waals surface area (Å²) in [6, 6.07) is 16.7. The first-order valence-corrected chi connectivity index (χ1v) is 12.2. The lowest BCUT2D eigenvalue weighted by atomic mass is 9.66. The van der Waals surface area contributed by atoms with Crippen molar-refractivity contribution in [1.82, 2.24) is 4.90 Å². The molecular formula is C28H31NO5. The second-order valence-electron chi connectivity index (χ2n) is 9.54. The van der Waals surface area contributed by atoms with Gasteiger partial charge >= 0.3 is 5.63 Å². The highest BCUT2D eigenvalue weighted by molar-refractivity contribution is 5.82. The summed E-state index contributed by atoms with van der Waals surface area (Å²) in [6.45, 7) is 2.38. The summed E-state index contributed by atoms with van der Waals surface area (Å²) in [5.41, 5.74) is 1.33. The number of fused-ring (bicyclic) bond motifs is 2. The molecule has 6 heteroatoms. The van der Waals surface area contributed by atoms with Crippen LogP contribution in [0, 0.1) is 5.92 Å². The zero-order chi connectivity index (χ0) is 23.7. The molecule has 2 fully saturated rings. The molecule has 2 aromatic carbocycles. The fourth-order valence-electron chi connectivity index (χ4n) is 5.84. The van der Waals surface area contributed by atoms with Crippen LogP contribution in [0.5, 0.6) is 5.75 Å². The molecule has 3 aromatic rings. The first kappa shape index (κ1) is 22.7. The summed E-state index contributed by atoms with van der Waals surface area (Å²) in [4.78, 5) is 27.2. The van der Waals surface area contributed by atoms with Crippen molar-refractivity contribution < 1.29 is 19.1 Å². The lowest BCUT2D eigenvalue weighted by Crippen LogP contribution is -2.56. The van der Waals surface area contributed by atoms with Crippen LogP contribution in [0.25, 0.3) is 11.0 Å². The maximum atomic E-state index is 13.4. The zero-order valence-electron chi connectivity index (χ0n) is 19.5. The Kier molecular flexibility index (Phi) is 6.17. The number of rotatable bonds is 5. The van der Waals surface area contributed by atoms with E-state index in [9.17, 15) is 14.7 Å². The average Bonchev–Trinajstić information content (AvgIpc) is 2.86. The molecule has 0 bridgehead atoms. The number of aryl methyl sites for hydroxylation is 1. The van der Waals surface area contributed by atoms with E-state index in [0.29, 0.717) is 24.3 Å². The molecule has 0 radical (unpaired) electrons. The second-order valence-corrected chi connectivity index (χ2v) is 9.54. The number of carbonyl (C=O) groups is 1. The molecule has 1 saturated carbocycles. The summed E-state index contributed by atoms with van der Waals surface area (Å²) < 4.78 is 11.2. The molecule has 1 aliphatic carbocycles. The number of amides is 1. The highest BCUT2D eigenvalue weighted by Crippen LogP contribution is 2.49. The minimum Gasteiger partial charge on any atom is -0.484 e. The summed E-state index contributed by atoms with van der Waals surface area (Å²) in [6.07, 6.45) is 5.11. The van der Waals surface area contributed by atoms with Crippen molar-refractivity contribution in [3.8, 4) is 5.75 Å². The van der Waals surface area contributed by atoms with Gasteiger partial charge in [-0.05, 0) is 48.9 Å². The SMILES string of the molecule is CCc1cc(=O)oc2cc(OCC(=O)N3CCC4(O)CCCCC4C3c3ccccc3)ccc12. The summed E-state index contributed by atoms with van der Waals surface area (Å²) in [5.74, 6) is 0.397. The van der Waals surface area contributed by atoms with Gasteiger partial charge in [-0.2, -0.15) is 0 Å². The van der Waals surface area contributed by atoms with Gasteiger partial charge in [0.25, 0.3) is 5.91 Å². The maximum Gasteiger partial charge on any atom is 0.336 e. The Morgan fingerprint density at radius 3 is 2.76 bits per heavy atom. The normalized spacial score (nSPS) is 24.6. The lowest BCUT2D eigenvalue weighted by Gasteiger charge is -2.52. The van der Waals surface area contributed by atoms with Crippen LogP contribution >= 0.6 is 0 Å². The highest BCUT2D eigenvalue weighted by Gasteiger charge is 2.50. The molecule has 1 aliphatic heterocycles. The van der Waals surface area contributed by atoms with Crippen LogP contribution in [-0.4, -0.2) is 34.7 Å². The Bertz CT molecular complexity index is 1240.